The first-order valence-corrected chi connectivity index (χ1v) is 16.2. The number of carbonyl (C=O) groups is 4. The molecule has 1 N–H and O–H groups in total. The Balaban J connectivity index is 1.33. The zero-order chi connectivity index (χ0) is 32.3. The summed E-state index contributed by atoms with van der Waals surface area (Å²) in [4.78, 5) is 59.4. The molecule has 1 saturated carbocycles. The van der Waals surface area contributed by atoms with Crippen LogP contribution in [0, 0.1) is 23.7 Å². The van der Waals surface area contributed by atoms with Gasteiger partial charge in [0.15, 0.2) is 11.6 Å². The molecule has 1 saturated heterocycles. The Hall–Kier alpha value is -5.36. The van der Waals surface area contributed by atoms with Gasteiger partial charge in [0, 0.05) is 17.4 Å². The Bertz CT molecular complexity index is 1980. The van der Waals surface area contributed by atoms with Gasteiger partial charge in [0.05, 0.1) is 23.8 Å². The second kappa shape index (κ2) is 11.2. The van der Waals surface area contributed by atoms with Gasteiger partial charge in [-0.2, -0.15) is 0 Å². The standard InChI is InChI=1S/C41H33NO5/c43-29-18-10-15-27(21-29)37-30-19-20-31-36(40(47)42(39(31)46)24-25-11-4-1-5-12-25)33(30)22-34-38(45)32(26-13-6-2-7-14-26)23-35(44)41(34,37)28-16-8-3-9-17-28/h1-19,21,23,31,33-34,36-37,43H,20,22,24H2. The summed E-state index contributed by atoms with van der Waals surface area (Å²) >= 11 is 0. The summed E-state index contributed by atoms with van der Waals surface area (Å²) in [5, 5.41) is 10.7. The van der Waals surface area contributed by atoms with Crippen LogP contribution in [0.25, 0.3) is 5.57 Å². The Morgan fingerprint density at radius 2 is 1.43 bits per heavy atom. The van der Waals surface area contributed by atoms with Crippen LogP contribution in [0.4, 0.5) is 0 Å². The van der Waals surface area contributed by atoms with Gasteiger partial charge in [-0.15, -0.1) is 0 Å². The molecule has 2 fully saturated rings. The molecule has 6 unspecified atom stereocenters. The highest BCUT2D eigenvalue weighted by molar-refractivity contribution is 6.31. The summed E-state index contributed by atoms with van der Waals surface area (Å²) in [5.74, 6) is -3.76. The molecule has 6 nitrogen and oxygen atoms in total. The fourth-order valence-electron chi connectivity index (χ4n) is 8.94. The van der Waals surface area contributed by atoms with E-state index in [0.717, 1.165) is 16.7 Å². The quantitative estimate of drug-likeness (QED) is 0.206. The van der Waals surface area contributed by atoms with Crippen molar-refractivity contribution >= 4 is 29.0 Å². The molecule has 4 aromatic carbocycles. The number of ketones is 2. The van der Waals surface area contributed by atoms with Crippen molar-refractivity contribution in [1.82, 2.24) is 4.90 Å². The number of amides is 2. The Labute approximate surface area is 273 Å². The largest absolute Gasteiger partial charge is 0.508 e. The van der Waals surface area contributed by atoms with Crippen molar-refractivity contribution in [3.63, 3.8) is 0 Å². The number of carbonyl (C=O) groups excluding carboxylic acids is 4. The van der Waals surface area contributed by atoms with E-state index in [1.807, 2.05) is 103 Å². The number of aromatic hydroxyl groups is 1. The van der Waals surface area contributed by atoms with Gasteiger partial charge >= 0.3 is 0 Å². The van der Waals surface area contributed by atoms with E-state index in [4.69, 9.17) is 0 Å². The molecule has 47 heavy (non-hydrogen) atoms. The van der Waals surface area contributed by atoms with E-state index in [2.05, 4.69) is 0 Å². The fourth-order valence-corrected chi connectivity index (χ4v) is 8.94. The van der Waals surface area contributed by atoms with Crippen LogP contribution < -0.4 is 0 Å². The molecule has 3 aliphatic carbocycles. The Morgan fingerprint density at radius 1 is 0.745 bits per heavy atom. The van der Waals surface area contributed by atoms with Crippen LogP contribution in [-0.4, -0.2) is 33.4 Å². The van der Waals surface area contributed by atoms with E-state index < -0.39 is 35.0 Å². The van der Waals surface area contributed by atoms with Gasteiger partial charge < -0.3 is 5.11 Å². The smallest absolute Gasteiger partial charge is 0.234 e. The van der Waals surface area contributed by atoms with E-state index in [1.165, 1.54) is 11.0 Å². The third-order valence-electron chi connectivity index (χ3n) is 10.9. The van der Waals surface area contributed by atoms with Crippen LogP contribution in [0.5, 0.6) is 5.75 Å². The van der Waals surface area contributed by atoms with Crippen LogP contribution in [0.1, 0.15) is 41.0 Å². The highest BCUT2D eigenvalue weighted by atomic mass is 16.3. The van der Waals surface area contributed by atoms with E-state index in [9.17, 15) is 24.3 Å². The lowest BCUT2D eigenvalue weighted by atomic mass is 9.44. The van der Waals surface area contributed by atoms with Gasteiger partial charge in [0.1, 0.15) is 5.75 Å². The third kappa shape index (κ3) is 4.38. The molecular formula is C41H33NO5. The van der Waals surface area contributed by atoms with E-state index in [1.54, 1.807) is 18.2 Å². The normalized spacial score (nSPS) is 28.3. The first kappa shape index (κ1) is 29.1. The maximum absolute atomic E-state index is 15.0. The summed E-state index contributed by atoms with van der Waals surface area (Å²) < 4.78 is 0. The average Bonchev–Trinajstić information content (AvgIpc) is 3.34. The molecule has 6 atom stereocenters. The van der Waals surface area contributed by atoms with Crippen LogP contribution >= 0.6 is 0 Å². The van der Waals surface area contributed by atoms with Gasteiger partial charge in [-0.25, -0.2) is 0 Å². The summed E-state index contributed by atoms with van der Waals surface area (Å²) in [5.41, 5.74) is 2.90. The fraction of sp³-hybridized carbons (Fsp3) is 0.220. The number of benzene rings is 4. The van der Waals surface area contributed by atoms with Crippen molar-refractivity contribution in [2.45, 2.75) is 30.7 Å². The topological polar surface area (TPSA) is 91.8 Å². The van der Waals surface area contributed by atoms with Gasteiger partial charge in [-0.05, 0) is 59.2 Å². The van der Waals surface area contributed by atoms with Crippen molar-refractivity contribution in [3.8, 4) is 5.75 Å². The predicted molar refractivity (Wildman–Crippen MR) is 177 cm³/mol. The predicted octanol–water partition coefficient (Wildman–Crippen LogP) is 6.42. The Kier molecular flexibility index (Phi) is 6.90. The molecule has 0 aromatic heterocycles. The maximum atomic E-state index is 15.0. The Morgan fingerprint density at radius 3 is 2.13 bits per heavy atom. The molecule has 4 aromatic rings. The zero-order valence-electron chi connectivity index (χ0n) is 25.7. The van der Waals surface area contributed by atoms with Gasteiger partial charge in [-0.3, -0.25) is 24.1 Å². The lowest BCUT2D eigenvalue weighted by molar-refractivity contribution is -0.141. The number of allylic oxidation sites excluding steroid dienone is 4. The van der Waals surface area contributed by atoms with Crippen molar-refractivity contribution < 1.29 is 24.3 Å². The molecule has 0 bridgehead atoms. The lowest BCUT2D eigenvalue weighted by Gasteiger charge is -2.55. The first-order chi connectivity index (χ1) is 22.9. The molecule has 0 spiro atoms. The minimum Gasteiger partial charge on any atom is -0.508 e. The second-order valence-corrected chi connectivity index (χ2v) is 13.1. The van der Waals surface area contributed by atoms with Crippen molar-refractivity contribution in [3.05, 3.63) is 155 Å². The molecule has 4 aliphatic rings. The SMILES string of the molecule is O=C1C(c2ccccc2)=CC(=O)C2(c3ccccc3)C1CC1C(=CCC3C(=O)N(Cc4ccccc4)C(=O)C31)C2c1cccc(O)c1. The van der Waals surface area contributed by atoms with Crippen LogP contribution in [-0.2, 0) is 31.1 Å². The number of hydrogen-bond donors (Lipinski definition) is 1. The molecule has 0 radical (unpaired) electrons. The zero-order valence-corrected chi connectivity index (χ0v) is 25.7. The number of fused-ring (bicyclic) bond motifs is 4. The van der Waals surface area contributed by atoms with Crippen molar-refractivity contribution in [2.75, 3.05) is 0 Å². The second-order valence-electron chi connectivity index (χ2n) is 13.1. The minimum atomic E-state index is -1.31. The number of Topliss-reactive ketones (excluding diaryl/α,β-unsaturated/α-hetero) is 1. The summed E-state index contributed by atoms with van der Waals surface area (Å²) in [7, 11) is 0. The first-order valence-electron chi connectivity index (χ1n) is 16.2. The number of likely N-dealkylation sites (tertiary alicyclic amines) is 1. The van der Waals surface area contributed by atoms with E-state index in [-0.39, 0.29) is 42.1 Å². The highest BCUT2D eigenvalue weighted by Gasteiger charge is 2.65. The third-order valence-corrected chi connectivity index (χ3v) is 10.9. The van der Waals surface area contributed by atoms with Gasteiger partial charge in [0.25, 0.3) is 0 Å². The number of nitrogens with zero attached hydrogens (tertiary/aromatic N) is 1. The lowest BCUT2D eigenvalue weighted by Crippen LogP contribution is -2.58. The molecular weight excluding hydrogens is 586 g/mol. The summed E-state index contributed by atoms with van der Waals surface area (Å²) in [6, 6.07) is 35.1. The molecule has 2 amide bonds. The maximum Gasteiger partial charge on any atom is 0.234 e. The number of phenolic OH excluding ortho intramolecular Hbond substituents is 1. The van der Waals surface area contributed by atoms with Crippen molar-refractivity contribution in [1.29, 1.82) is 0 Å². The highest BCUT2D eigenvalue weighted by Crippen LogP contribution is 2.63. The van der Waals surface area contributed by atoms with Crippen LogP contribution in [0.2, 0.25) is 0 Å². The van der Waals surface area contributed by atoms with Gasteiger partial charge in [0.2, 0.25) is 11.8 Å². The molecule has 232 valence electrons. The molecule has 1 aliphatic heterocycles. The number of imide groups is 1. The number of phenols is 1. The monoisotopic (exact) mass is 619 g/mol. The van der Waals surface area contributed by atoms with E-state index in [0.29, 0.717) is 23.1 Å². The number of hydrogen-bond acceptors (Lipinski definition) is 5. The molecule has 8 rings (SSSR count). The molecule has 6 heteroatoms. The molecule has 1 heterocycles. The van der Waals surface area contributed by atoms with Gasteiger partial charge in [-0.1, -0.05) is 115 Å². The van der Waals surface area contributed by atoms with Crippen LogP contribution in [0.3, 0.4) is 0 Å². The average molecular weight is 620 g/mol. The number of rotatable bonds is 5. The minimum absolute atomic E-state index is 0.0509. The summed E-state index contributed by atoms with van der Waals surface area (Å²) in [6.07, 6.45) is 4.18. The van der Waals surface area contributed by atoms with E-state index >= 15 is 0 Å². The van der Waals surface area contributed by atoms with Crippen molar-refractivity contribution in [2.24, 2.45) is 23.7 Å². The summed E-state index contributed by atoms with van der Waals surface area (Å²) in [6.45, 7) is 0.194. The van der Waals surface area contributed by atoms with Crippen LogP contribution in [0.15, 0.2) is 133 Å².